The standard InChI is InChI=1S/C11H19N5/c12-5-7-16-9-10(8-14-16)15-11-4-2-1-3-6-13-11/h8-9H,1-7,12H2,(H,13,15). The van der Waals surface area contributed by atoms with Gasteiger partial charge in [0.2, 0.25) is 0 Å². The molecule has 0 unspecified atom stereocenters. The molecule has 1 aromatic heterocycles. The third kappa shape index (κ3) is 3.06. The molecule has 2 heterocycles. The average Bonchev–Trinajstić information content (AvgIpc) is 2.56. The molecule has 0 aliphatic carbocycles. The van der Waals surface area contributed by atoms with E-state index >= 15 is 0 Å². The zero-order valence-corrected chi connectivity index (χ0v) is 9.52. The van der Waals surface area contributed by atoms with Gasteiger partial charge in [0.25, 0.3) is 0 Å². The Morgan fingerprint density at radius 3 is 3.19 bits per heavy atom. The van der Waals surface area contributed by atoms with E-state index < -0.39 is 0 Å². The quantitative estimate of drug-likeness (QED) is 0.806. The van der Waals surface area contributed by atoms with Gasteiger partial charge >= 0.3 is 0 Å². The van der Waals surface area contributed by atoms with Gasteiger partial charge in [-0.25, -0.2) is 0 Å². The molecular weight excluding hydrogens is 202 g/mol. The molecule has 0 radical (unpaired) electrons. The van der Waals surface area contributed by atoms with Gasteiger partial charge in [-0.05, 0) is 12.8 Å². The van der Waals surface area contributed by atoms with Crippen molar-refractivity contribution in [3.05, 3.63) is 12.4 Å². The maximum atomic E-state index is 5.47. The Balaban J connectivity index is 1.94. The van der Waals surface area contributed by atoms with Crippen molar-refractivity contribution < 1.29 is 0 Å². The highest BCUT2D eigenvalue weighted by molar-refractivity contribution is 5.95. The first-order valence-corrected chi connectivity index (χ1v) is 5.91. The Bertz CT molecular complexity index is 355. The summed E-state index contributed by atoms with van der Waals surface area (Å²) in [6.07, 6.45) is 8.55. The van der Waals surface area contributed by atoms with Gasteiger partial charge in [-0.15, -0.1) is 0 Å². The summed E-state index contributed by atoms with van der Waals surface area (Å²) in [5.41, 5.74) is 6.48. The van der Waals surface area contributed by atoms with Gasteiger partial charge in [0.1, 0.15) is 5.84 Å². The number of nitrogens with two attached hydrogens (primary N) is 1. The second-order valence-electron chi connectivity index (χ2n) is 4.04. The summed E-state index contributed by atoms with van der Waals surface area (Å²) < 4.78 is 1.85. The molecule has 0 amide bonds. The summed E-state index contributed by atoms with van der Waals surface area (Å²) in [5, 5.41) is 7.54. The number of nitrogens with zero attached hydrogens (tertiary/aromatic N) is 3. The Hall–Kier alpha value is -1.36. The van der Waals surface area contributed by atoms with Crippen LogP contribution in [-0.2, 0) is 6.54 Å². The van der Waals surface area contributed by atoms with E-state index in [2.05, 4.69) is 15.4 Å². The lowest BCUT2D eigenvalue weighted by Crippen LogP contribution is -2.11. The zero-order chi connectivity index (χ0) is 11.2. The molecule has 0 spiro atoms. The van der Waals surface area contributed by atoms with Gasteiger partial charge in [0.05, 0.1) is 18.4 Å². The van der Waals surface area contributed by atoms with E-state index in [9.17, 15) is 0 Å². The highest BCUT2D eigenvalue weighted by Gasteiger charge is 2.05. The van der Waals surface area contributed by atoms with Gasteiger partial charge < -0.3 is 11.1 Å². The molecule has 1 aliphatic heterocycles. The molecule has 0 bridgehead atoms. The van der Waals surface area contributed by atoms with Gasteiger partial charge in [0, 0.05) is 25.7 Å². The van der Waals surface area contributed by atoms with Crippen LogP contribution >= 0.6 is 0 Å². The van der Waals surface area contributed by atoms with Crippen LogP contribution in [0.5, 0.6) is 0 Å². The van der Waals surface area contributed by atoms with Crippen molar-refractivity contribution in [2.24, 2.45) is 10.7 Å². The Labute approximate surface area is 95.7 Å². The molecule has 0 aromatic carbocycles. The van der Waals surface area contributed by atoms with Crippen LogP contribution in [-0.4, -0.2) is 28.7 Å². The van der Waals surface area contributed by atoms with Crippen LogP contribution < -0.4 is 11.1 Å². The second-order valence-corrected chi connectivity index (χ2v) is 4.04. The minimum Gasteiger partial charge on any atom is -0.342 e. The fraction of sp³-hybridized carbons (Fsp3) is 0.636. The lowest BCUT2D eigenvalue weighted by Gasteiger charge is -2.04. The predicted octanol–water partition coefficient (Wildman–Crippen LogP) is 1.23. The van der Waals surface area contributed by atoms with Crippen molar-refractivity contribution in [3.8, 4) is 0 Å². The molecular formula is C11H19N5. The first-order valence-electron chi connectivity index (χ1n) is 5.91. The monoisotopic (exact) mass is 221 g/mol. The molecule has 0 atom stereocenters. The fourth-order valence-electron chi connectivity index (χ4n) is 1.83. The van der Waals surface area contributed by atoms with Crippen LogP contribution in [0.15, 0.2) is 17.4 Å². The van der Waals surface area contributed by atoms with E-state index in [1.807, 2.05) is 17.1 Å². The second kappa shape index (κ2) is 5.65. The van der Waals surface area contributed by atoms with E-state index in [4.69, 9.17) is 5.73 Å². The molecule has 5 heteroatoms. The molecule has 0 saturated carbocycles. The number of amidine groups is 1. The molecule has 88 valence electrons. The SMILES string of the molecule is NCCn1cc(NC2=NCCCCC2)cn1. The molecule has 0 fully saturated rings. The smallest absolute Gasteiger partial charge is 0.101 e. The van der Waals surface area contributed by atoms with E-state index in [0.717, 1.165) is 31.0 Å². The van der Waals surface area contributed by atoms with E-state index in [1.165, 1.54) is 19.3 Å². The van der Waals surface area contributed by atoms with Crippen LogP contribution in [0.25, 0.3) is 0 Å². The van der Waals surface area contributed by atoms with Crippen molar-refractivity contribution in [1.29, 1.82) is 0 Å². The number of hydrogen-bond acceptors (Lipinski definition) is 4. The minimum atomic E-state index is 0.613. The van der Waals surface area contributed by atoms with Crippen LogP contribution in [0, 0.1) is 0 Å². The summed E-state index contributed by atoms with van der Waals surface area (Å²) in [7, 11) is 0. The van der Waals surface area contributed by atoms with Crippen molar-refractivity contribution in [1.82, 2.24) is 9.78 Å². The Morgan fingerprint density at radius 1 is 1.38 bits per heavy atom. The first kappa shape index (κ1) is 11.1. The number of rotatable bonds is 3. The van der Waals surface area contributed by atoms with Crippen LogP contribution in [0.2, 0.25) is 0 Å². The summed E-state index contributed by atoms with van der Waals surface area (Å²) >= 11 is 0. The van der Waals surface area contributed by atoms with E-state index in [0.29, 0.717) is 6.54 Å². The van der Waals surface area contributed by atoms with Crippen LogP contribution in [0.4, 0.5) is 5.69 Å². The number of hydrogen-bond donors (Lipinski definition) is 2. The molecule has 5 nitrogen and oxygen atoms in total. The zero-order valence-electron chi connectivity index (χ0n) is 9.52. The summed E-state index contributed by atoms with van der Waals surface area (Å²) in [5.74, 6) is 1.09. The Kier molecular flexibility index (Phi) is 3.93. The van der Waals surface area contributed by atoms with Crippen molar-refractivity contribution >= 4 is 11.5 Å². The minimum absolute atomic E-state index is 0.613. The average molecular weight is 221 g/mol. The maximum absolute atomic E-state index is 5.47. The lowest BCUT2D eigenvalue weighted by atomic mass is 10.2. The first-order chi connectivity index (χ1) is 7.88. The highest BCUT2D eigenvalue weighted by atomic mass is 15.3. The molecule has 2 rings (SSSR count). The van der Waals surface area contributed by atoms with Crippen molar-refractivity contribution in [3.63, 3.8) is 0 Å². The molecule has 1 aromatic rings. The van der Waals surface area contributed by atoms with E-state index in [-0.39, 0.29) is 0 Å². The number of nitrogens with one attached hydrogen (secondary N) is 1. The van der Waals surface area contributed by atoms with Gasteiger partial charge in [0.15, 0.2) is 0 Å². The largest absolute Gasteiger partial charge is 0.342 e. The van der Waals surface area contributed by atoms with E-state index in [1.54, 1.807) is 0 Å². The summed E-state index contributed by atoms with van der Waals surface area (Å²) in [4.78, 5) is 4.52. The number of aromatic nitrogens is 2. The number of aliphatic imine (C=N–C) groups is 1. The fourth-order valence-corrected chi connectivity index (χ4v) is 1.83. The van der Waals surface area contributed by atoms with Crippen LogP contribution in [0.1, 0.15) is 25.7 Å². The molecule has 0 saturated heterocycles. The van der Waals surface area contributed by atoms with Gasteiger partial charge in [-0.2, -0.15) is 5.10 Å². The third-order valence-electron chi connectivity index (χ3n) is 2.65. The molecule has 1 aliphatic rings. The summed E-state index contributed by atoms with van der Waals surface area (Å²) in [6, 6.07) is 0. The lowest BCUT2D eigenvalue weighted by molar-refractivity contribution is 0.625. The predicted molar refractivity (Wildman–Crippen MR) is 65.7 cm³/mol. The highest BCUT2D eigenvalue weighted by Crippen LogP contribution is 2.11. The van der Waals surface area contributed by atoms with Gasteiger partial charge in [-0.3, -0.25) is 9.67 Å². The summed E-state index contributed by atoms with van der Waals surface area (Å²) in [6.45, 7) is 2.31. The third-order valence-corrected chi connectivity index (χ3v) is 2.65. The maximum Gasteiger partial charge on any atom is 0.101 e. The van der Waals surface area contributed by atoms with Crippen LogP contribution in [0.3, 0.4) is 0 Å². The topological polar surface area (TPSA) is 68.2 Å². The van der Waals surface area contributed by atoms with Gasteiger partial charge in [-0.1, -0.05) is 6.42 Å². The molecule has 3 N–H and O–H groups in total. The van der Waals surface area contributed by atoms with Crippen molar-refractivity contribution in [2.45, 2.75) is 32.2 Å². The molecule has 16 heavy (non-hydrogen) atoms. The normalized spacial score (nSPS) is 16.7. The number of anilines is 1. The Morgan fingerprint density at radius 2 is 2.31 bits per heavy atom. The van der Waals surface area contributed by atoms with Crippen molar-refractivity contribution in [2.75, 3.05) is 18.4 Å².